The monoisotopic (exact) mass is 237 g/mol. The molecule has 1 aliphatic rings. The molecule has 0 saturated heterocycles. The smallest absolute Gasteiger partial charge is 0.0137 e. The molecule has 1 fully saturated rings. The Kier molecular flexibility index (Phi) is 5.72. The van der Waals surface area contributed by atoms with Gasteiger partial charge in [0.1, 0.15) is 0 Å². The van der Waals surface area contributed by atoms with Crippen LogP contribution in [-0.2, 0) is 0 Å². The molecule has 1 N–H and O–H groups in total. The second-order valence-electron chi connectivity index (χ2n) is 7.02. The molecule has 0 aliphatic heterocycles. The van der Waals surface area contributed by atoms with Crippen LogP contribution in [0.3, 0.4) is 0 Å². The highest BCUT2D eigenvalue weighted by atomic mass is 14.8. The Bertz CT molecular complexity index is 235. The minimum absolute atomic E-state index is 0.514. The van der Waals surface area contributed by atoms with Crippen LogP contribution in [0.1, 0.15) is 60.3 Å². The molecule has 1 heteroatoms. The van der Waals surface area contributed by atoms with E-state index in [9.17, 15) is 0 Å². The lowest BCUT2D eigenvalue weighted by Crippen LogP contribution is -2.30. The molecular formula is C16H31N. The first-order valence-electron chi connectivity index (χ1n) is 7.23. The minimum Gasteiger partial charge on any atom is -0.313 e. The van der Waals surface area contributed by atoms with Gasteiger partial charge in [-0.1, -0.05) is 32.4 Å². The Balaban J connectivity index is 2.17. The van der Waals surface area contributed by atoms with Crippen molar-refractivity contribution in [2.24, 2.45) is 17.3 Å². The van der Waals surface area contributed by atoms with E-state index in [1.165, 1.54) is 37.8 Å². The summed E-state index contributed by atoms with van der Waals surface area (Å²) in [6.07, 6.45) is 7.98. The highest BCUT2D eigenvalue weighted by molar-refractivity contribution is 4.94. The van der Waals surface area contributed by atoms with Gasteiger partial charge in [-0.15, -0.1) is 0 Å². The third-order valence-corrected chi connectivity index (χ3v) is 4.16. The summed E-state index contributed by atoms with van der Waals surface area (Å²) in [5, 5.41) is 3.56. The number of nitrogens with one attached hydrogen (secondary N) is 1. The third kappa shape index (κ3) is 5.72. The summed E-state index contributed by atoms with van der Waals surface area (Å²) in [5.74, 6) is 1.86. The highest BCUT2D eigenvalue weighted by Gasteiger charge is 2.29. The van der Waals surface area contributed by atoms with Crippen molar-refractivity contribution in [3.05, 3.63) is 11.6 Å². The Morgan fingerprint density at radius 3 is 2.18 bits per heavy atom. The standard InChI is InChI=1S/C16H31N/c1-13(2)10-11-17-12-14-6-8-15(9-7-14)16(3,4)5/h10,14-15,17H,6-9,11-12H2,1-5H3. The van der Waals surface area contributed by atoms with Crippen molar-refractivity contribution in [1.82, 2.24) is 5.32 Å². The van der Waals surface area contributed by atoms with E-state index < -0.39 is 0 Å². The molecule has 0 bridgehead atoms. The van der Waals surface area contributed by atoms with E-state index in [0.29, 0.717) is 5.41 Å². The average molecular weight is 237 g/mol. The van der Waals surface area contributed by atoms with E-state index in [4.69, 9.17) is 0 Å². The lowest BCUT2D eigenvalue weighted by atomic mass is 9.70. The van der Waals surface area contributed by atoms with Crippen LogP contribution in [0, 0.1) is 17.3 Å². The fourth-order valence-electron chi connectivity index (χ4n) is 2.80. The summed E-state index contributed by atoms with van der Waals surface area (Å²) >= 11 is 0. The number of hydrogen-bond donors (Lipinski definition) is 1. The largest absolute Gasteiger partial charge is 0.313 e. The van der Waals surface area contributed by atoms with Crippen LogP contribution in [-0.4, -0.2) is 13.1 Å². The van der Waals surface area contributed by atoms with Gasteiger partial charge in [0, 0.05) is 6.54 Å². The molecule has 1 saturated carbocycles. The maximum absolute atomic E-state index is 3.56. The molecule has 0 spiro atoms. The van der Waals surface area contributed by atoms with Crippen molar-refractivity contribution in [3.63, 3.8) is 0 Å². The lowest BCUT2D eigenvalue weighted by molar-refractivity contribution is 0.149. The van der Waals surface area contributed by atoms with Crippen LogP contribution in [0.15, 0.2) is 11.6 Å². The van der Waals surface area contributed by atoms with Gasteiger partial charge in [0.25, 0.3) is 0 Å². The molecule has 17 heavy (non-hydrogen) atoms. The Morgan fingerprint density at radius 1 is 1.12 bits per heavy atom. The molecule has 0 atom stereocenters. The van der Waals surface area contributed by atoms with Gasteiger partial charge in [-0.3, -0.25) is 0 Å². The van der Waals surface area contributed by atoms with Crippen LogP contribution in [0.5, 0.6) is 0 Å². The van der Waals surface area contributed by atoms with Gasteiger partial charge in [-0.2, -0.15) is 0 Å². The number of hydrogen-bond acceptors (Lipinski definition) is 1. The summed E-state index contributed by atoms with van der Waals surface area (Å²) in [4.78, 5) is 0. The van der Waals surface area contributed by atoms with Gasteiger partial charge in [0.05, 0.1) is 0 Å². The SMILES string of the molecule is CC(C)=CCNCC1CCC(C(C)(C)C)CC1. The maximum Gasteiger partial charge on any atom is 0.0137 e. The summed E-state index contributed by atoms with van der Waals surface area (Å²) in [6.45, 7) is 13.8. The molecule has 0 unspecified atom stereocenters. The molecule has 0 heterocycles. The molecular weight excluding hydrogens is 206 g/mol. The van der Waals surface area contributed by atoms with Crippen LogP contribution in [0.2, 0.25) is 0 Å². The zero-order valence-electron chi connectivity index (χ0n) is 12.5. The Hall–Kier alpha value is -0.300. The molecule has 0 aromatic rings. The number of rotatable bonds is 4. The van der Waals surface area contributed by atoms with Crippen LogP contribution >= 0.6 is 0 Å². The molecule has 0 aromatic carbocycles. The van der Waals surface area contributed by atoms with E-state index in [1.54, 1.807) is 0 Å². The fourth-order valence-corrected chi connectivity index (χ4v) is 2.80. The van der Waals surface area contributed by atoms with Crippen molar-refractivity contribution in [1.29, 1.82) is 0 Å². The summed E-state index contributed by atoms with van der Waals surface area (Å²) in [7, 11) is 0. The molecule has 100 valence electrons. The normalized spacial score (nSPS) is 25.7. The van der Waals surface area contributed by atoms with Crippen molar-refractivity contribution in [2.45, 2.75) is 60.3 Å². The van der Waals surface area contributed by atoms with Gasteiger partial charge in [-0.25, -0.2) is 0 Å². The first kappa shape index (κ1) is 14.8. The van der Waals surface area contributed by atoms with Gasteiger partial charge in [-0.05, 0) is 63.3 Å². The summed E-state index contributed by atoms with van der Waals surface area (Å²) in [6, 6.07) is 0. The molecule has 0 aromatic heterocycles. The van der Waals surface area contributed by atoms with Crippen LogP contribution in [0.25, 0.3) is 0 Å². The second-order valence-corrected chi connectivity index (χ2v) is 7.02. The van der Waals surface area contributed by atoms with Crippen LogP contribution < -0.4 is 5.32 Å². The molecule has 1 nitrogen and oxygen atoms in total. The molecule has 1 aliphatic carbocycles. The van der Waals surface area contributed by atoms with Gasteiger partial charge in [0.2, 0.25) is 0 Å². The van der Waals surface area contributed by atoms with Gasteiger partial charge < -0.3 is 5.32 Å². The van der Waals surface area contributed by atoms with E-state index in [2.05, 4.69) is 46.0 Å². The Labute approximate surface area is 108 Å². The quantitative estimate of drug-likeness (QED) is 0.564. The topological polar surface area (TPSA) is 12.0 Å². The predicted molar refractivity (Wildman–Crippen MR) is 77.2 cm³/mol. The van der Waals surface area contributed by atoms with E-state index in [1.807, 2.05) is 0 Å². The van der Waals surface area contributed by atoms with E-state index in [0.717, 1.165) is 18.4 Å². The summed E-state index contributed by atoms with van der Waals surface area (Å²) in [5.41, 5.74) is 1.93. The first-order valence-corrected chi connectivity index (χ1v) is 7.23. The van der Waals surface area contributed by atoms with Crippen molar-refractivity contribution in [2.75, 3.05) is 13.1 Å². The zero-order chi connectivity index (χ0) is 12.9. The van der Waals surface area contributed by atoms with E-state index in [-0.39, 0.29) is 0 Å². The van der Waals surface area contributed by atoms with E-state index >= 15 is 0 Å². The van der Waals surface area contributed by atoms with Gasteiger partial charge in [0.15, 0.2) is 0 Å². The third-order valence-electron chi connectivity index (χ3n) is 4.16. The van der Waals surface area contributed by atoms with Crippen molar-refractivity contribution >= 4 is 0 Å². The van der Waals surface area contributed by atoms with Crippen molar-refractivity contribution < 1.29 is 0 Å². The maximum atomic E-state index is 3.56. The lowest BCUT2D eigenvalue weighted by Gasteiger charge is -2.37. The highest BCUT2D eigenvalue weighted by Crippen LogP contribution is 2.39. The minimum atomic E-state index is 0.514. The summed E-state index contributed by atoms with van der Waals surface area (Å²) < 4.78 is 0. The molecule has 0 amide bonds. The Morgan fingerprint density at radius 2 is 1.71 bits per heavy atom. The fraction of sp³-hybridized carbons (Fsp3) is 0.875. The molecule has 0 radical (unpaired) electrons. The predicted octanol–water partition coefficient (Wildman–Crippen LogP) is 4.39. The number of allylic oxidation sites excluding steroid dienone is 1. The van der Waals surface area contributed by atoms with Gasteiger partial charge >= 0.3 is 0 Å². The van der Waals surface area contributed by atoms with Crippen molar-refractivity contribution in [3.8, 4) is 0 Å². The average Bonchev–Trinajstić information content (AvgIpc) is 2.23. The second kappa shape index (κ2) is 6.58. The molecule has 1 rings (SSSR count). The van der Waals surface area contributed by atoms with Crippen LogP contribution in [0.4, 0.5) is 0 Å². The first-order chi connectivity index (χ1) is 7.89. The zero-order valence-corrected chi connectivity index (χ0v) is 12.5.